The van der Waals surface area contributed by atoms with Crippen molar-refractivity contribution in [2.45, 2.75) is 18.9 Å². The first kappa shape index (κ1) is 20.5. The molecule has 1 aliphatic rings. The fourth-order valence-corrected chi connectivity index (χ4v) is 3.84. The van der Waals surface area contributed by atoms with Crippen LogP contribution in [-0.2, 0) is 20.9 Å². The summed E-state index contributed by atoms with van der Waals surface area (Å²) in [7, 11) is 1.58. The molecule has 0 radical (unpaired) electrons. The summed E-state index contributed by atoms with van der Waals surface area (Å²) >= 11 is 1.11. The third-order valence-corrected chi connectivity index (χ3v) is 5.44. The quantitative estimate of drug-likeness (QED) is 0.706. The van der Waals surface area contributed by atoms with E-state index in [0.717, 1.165) is 22.9 Å². The molecule has 6 nitrogen and oxygen atoms in total. The second-order valence-electron chi connectivity index (χ2n) is 6.37. The van der Waals surface area contributed by atoms with E-state index in [9.17, 15) is 14.9 Å². The number of carbonyl (C=O) groups excluding carboxylic acids is 2. The van der Waals surface area contributed by atoms with Gasteiger partial charge in [-0.2, -0.15) is 5.26 Å². The van der Waals surface area contributed by atoms with Crippen LogP contribution in [0.4, 0.5) is 0 Å². The van der Waals surface area contributed by atoms with Crippen LogP contribution in [0.5, 0.6) is 5.75 Å². The van der Waals surface area contributed by atoms with E-state index in [1.807, 2.05) is 42.5 Å². The number of hydrogen-bond donors (Lipinski definition) is 1. The van der Waals surface area contributed by atoms with Crippen molar-refractivity contribution in [2.75, 3.05) is 12.9 Å². The van der Waals surface area contributed by atoms with E-state index in [4.69, 9.17) is 9.47 Å². The molecule has 0 saturated carbocycles. The maximum atomic E-state index is 12.2. The maximum absolute atomic E-state index is 12.2. The van der Waals surface area contributed by atoms with Gasteiger partial charge in [-0.25, -0.2) is 0 Å². The van der Waals surface area contributed by atoms with Crippen LogP contribution >= 0.6 is 11.8 Å². The lowest BCUT2D eigenvalue weighted by Crippen LogP contribution is -2.31. The predicted octanol–water partition coefficient (Wildman–Crippen LogP) is 3.51. The monoisotopic (exact) mass is 408 g/mol. The zero-order valence-corrected chi connectivity index (χ0v) is 16.7. The van der Waals surface area contributed by atoms with E-state index in [1.165, 1.54) is 0 Å². The average molecular weight is 408 g/mol. The summed E-state index contributed by atoms with van der Waals surface area (Å²) in [5.41, 5.74) is 2.19. The van der Waals surface area contributed by atoms with Crippen molar-refractivity contribution in [3.63, 3.8) is 0 Å². The van der Waals surface area contributed by atoms with Gasteiger partial charge in [-0.15, -0.1) is 0 Å². The number of rotatable bonds is 7. The standard InChI is InChI=1S/C22H20N2O4S/c1-27-17-9-7-16(8-10-17)18-11-20(25)24-22(19(18)12-23)29-14-21(26)28-13-15-5-3-2-4-6-15/h2-10,18H,11,13-14H2,1H3,(H,24,25). The molecule has 1 heterocycles. The van der Waals surface area contributed by atoms with E-state index in [1.54, 1.807) is 19.2 Å². The summed E-state index contributed by atoms with van der Waals surface area (Å²) < 4.78 is 10.4. The van der Waals surface area contributed by atoms with E-state index in [2.05, 4.69) is 11.4 Å². The molecule has 1 aliphatic heterocycles. The minimum atomic E-state index is -0.413. The summed E-state index contributed by atoms with van der Waals surface area (Å²) in [5.74, 6) is -0.257. The van der Waals surface area contributed by atoms with Crippen LogP contribution in [0.3, 0.4) is 0 Å². The van der Waals surface area contributed by atoms with Crippen molar-refractivity contribution in [1.29, 1.82) is 5.26 Å². The fraction of sp³-hybridized carbons (Fsp3) is 0.227. The van der Waals surface area contributed by atoms with Crippen LogP contribution in [0.1, 0.15) is 23.5 Å². The fourth-order valence-electron chi connectivity index (χ4n) is 2.96. The van der Waals surface area contributed by atoms with Gasteiger partial charge < -0.3 is 14.8 Å². The van der Waals surface area contributed by atoms with Gasteiger partial charge in [0.05, 0.1) is 29.5 Å². The third-order valence-electron chi connectivity index (χ3n) is 4.45. The number of methoxy groups -OCH3 is 1. The lowest BCUT2D eigenvalue weighted by molar-refractivity contribution is -0.141. The molecule has 29 heavy (non-hydrogen) atoms. The van der Waals surface area contributed by atoms with Gasteiger partial charge in [0.25, 0.3) is 0 Å². The molecule has 1 atom stereocenters. The molecule has 1 N–H and O–H groups in total. The van der Waals surface area contributed by atoms with Gasteiger partial charge in [0, 0.05) is 12.3 Å². The largest absolute Gasteiger partial charge is 0.497 e. The van der Waals surface area contributed by atoms with Crippen molar-refractivity contribution in [2.24, 2.45) is 0 Å². The van der Waals surface area contributed by atoms with Gasteiger partial charge in [0.15, 0.2) is 0 Å². The zero-order chi connectivity index (χ0) is 20.6. The number of allylic oxidation sites excluding steroid dienone is 1. The zero-order valence-electron chi connectivity index (χ0n) is 15.9. The molecule has 2 aromatic rings. The van der Waals surface area contributed by atoms with Gasteiger partial charge in [-0.3, -0.25) is 9.59 Å². The van der Waals surface area contributed by atoms with Gasteiger partial charge in [-0.05, 0) is 23.3 Å². The van der Waals surface area contributed by atoms with E-state index in [0.29, 0.717) is 16.4 Å². The van der Waals surface area contributed by atoms with E-state index in [-0.39, 0.29) is 30.6 Å². The molecule has 3 rings (SSSR count). The smallest absolute Gasteiger partial charge is 0.316 e. The Bertz CT molecular complexity index is 949. The Balaban J connectivity index is 1.68. The molecule has 148 valence electrons. The predicted molar refractivity (Wildman–Crippen MR) is 110 cm³/mol. The molecule has 0 saturated heterocycles. The number of nitrogens with zero attached hydrogens (tertiary/aromatic N) is 1. The highest BCUT2D eigenvalue weighted by Gasteiger charge is 2.30. The number of carbonyl (C=O) groups is 2. The molecule has 1 unspecified atom stereocenters. The van der Waals surface area contributed by atoms with Crippen molar-refractivity contribution in [1.82, 2.24) is 5.32 Å². The summed E-state index contributed by atoms with van der Waals surface area (Å²) in [6.45, 7) is 0.186. The van der Waals surface area contributed by atoms with Crippen LogP contribution in [0.15, 0.2) is 65.2 Å². The number of benzene rings is 2. The summed E-state index contributed by atoms with van der Waals surface area (Å²) in [6, 6.07) is 18.9. The first-order valence-electron chi connectivity index (χ1n) is 9.01. The highest BCUT2D eigenvalue weighted by Crippen LogP contribution is 2.36. The maximum Gasteiger partial charge on any atom is 0.316 e. The Kier molecular flexibility index (Phi) is 6.93. The van der Waals surface area contributed by atoms with E-state index < -0.39 is 5.97 Å². The molecular formula is C22H20N2O4S. The lowest BCUT2D eigenvalue weighted by Gasteiger charge is -2.25. The number of amides is 1. The number of esters is 1. The summed E-state index contributed by atoms with van der Waals surface area (Å²) in [5, 5.41) is 12.8. The number of hydrogen-bond acceptors (Lipinski definition) is 6. The summed E-state index contributed by atoms with van der Waals surface area (Å²) in [4.78, 5) is 24.3. The van der Waals surface area contributed by atoms with Crippen molar-refractivity contribution < 1.29 is 19.1 Å². The molecule has 0 aliphatic carbocycles. The topological polar surface area (TPSA) is 88.4 Å². The van der Waals surface area contributed by atoms with Gasteiger partial charge in [0.1, 0.15) is 12.4 Å². The third kappa shape index (κ3) is 5.39. The Hall–Kier alpha value is -3.24. The highest BCUT2D eigenvalue weighted by molar-refractivity contribution is 8.03. The SMILES string of the molecule is COc1ccc(C2CC(=O)NC(SCC(=O)OCc3ccccc3)=C2C#N)cc1. The molecule has 0 spiro atoms. The Labute approximate surface area is 173 Å². The molecule has 7 heteroatoms. The second-order valence-corrected chi connectivity index (χ2v) is 7.35. The Morgan fingerprint density at radius 3 is 2.59 bits per heavy atom. The second kappa shape index (κ2) is 9.80. The first-order valence-corrected chi connectivity index (χ1v) is 9.99. The molecule has 0 aromatic heterocycles. The molecule has 0 fully saturated rings. The Morgan fingerprint density at radius 1 is 1.21 bits per heavy atom. The first-order chi connectivity index (χ1) is 14.1. The molecular weight excluding hydrogens is 388 g/mol. The van der Waals surface area contributed by atoms with Crippen molar-refractivity contribution in [3.05, 3.63) is 76.3 Å². The van der Waals surface area contributed by atoms with Crippen LogP contribution in [0.25, 0.3) is 0 Å². The number of thioether (sulfide) groups is 1. The number of nitriles is 1. The number of ether oxygens (including phenoxy) is 2. The van der Waals surface area contributed by atoms with Crippen molar-refractivity contribution >= 4 is 23.6 Å². The minimum Gasteiger partial charge on any atom is -0.497 e. The molecule has 0 bridgehead atoms. The minimum absolute atomic E-state index is 0.00294. The van der Waals surface area contributed by atoms with Gasteiger partial charge in [0.2, 0.25) is 5.91 Å². The van der Waals surface area contributed by atoms with Gasteiger partial charge >= 0.3 is 5.97 Å². The van der Waals surface area contributed by atoms with Crippen LogP contribution in [0.2, 0.25) is 0 Å². The normalized spacial score (nSPS) is 16.0. The number of nitrogens with one attached hydrogen (secondary N) is 1. The van der Waals surface area contributed by atoms with E-state index >= 15 is 0 Å². The average Bonchev–Trinajstić information content (AvgIpc) is 2.76. The summed E-state index contributed by atoms with van der Waals surface area (Å²) in [6.07, 6.45) is 0.178. The van der Waals surface area contributed by atoms with Crippen LogP contribution < -0.4 is 10.1 Å². The van der Waals surface area contributed by atoms with Gasteiger partial charge in [-0.1, -0.05) is 54.2 Å². The van der Waals surface area contributed by atoms with Crippen LogP contribution in [-0.4, -0.2) is 24.7 Å². The lowest BCUT2D eigenvalue weighted by atomic mass is 9.87. The highest BCUT2D eigenvalue weighted by atomic mass is 32.2. The molecule has 1 amide bonds. The van der Waals surface area contributed by atoms with Crippen LogP contribution in [0, 0.1) is 11.3 Å². The van der Waals surface area contributed by atoms with Crippen molar-refractivity contribution in [3.8, 4) is 11.8 Å². The Morgan fingerprint density at radius 2 is 1.93 bits per heavy atom. The molecule has 2 aromatic carbocycles.